The minimum atomic E-state index is 0.462. The Morgan fingerprint density at radius 1 is 1.19 bits per heavy atom. The van der Waals surface area contributed by atoms with Gasteiger partial charge in [-0.05, 0) is 45.3 Å². The average Bonchev–Trinajstić information content (AvgIpc) is 2.31. The lowest BCUT2D eigenvalue weighted by Crippen LogP contribution is -2.40. The van der Waals surface area contributed by atoms with E-state index in [1.165, 1.54) is 24.0 Å². The molecule has 0 radical (unpaired) electrons. The molecule has 2 nitrogen and oxygen atoms in total. The zero-order valence-electron chi connectivity index (χ0n) is 10.3. The van der Waals surface area contributed by atoms with Crippen molar-refractivity contribution in [2.75, 3.05) is 13.1 Å². The van der Waals surface area contributed by atoms with Crippen LogP contribution in [-0.4, -0.2) is 19.1 Å². The van der Waals surface area contributed by atoms with Gasteiger partial charge >= 0.3 is 0 Å². The van der Waals surface area contributed by atoms with Crippen LogP contribution in [-0.2, 0) is 0 Å². The molecule has 0 aliphatic carbocycles. The molecule has 1 aromatic rings. The second kappa shape index (κ2) is 5.46. The molecule has 2 N–H and O–H groups in total. The van der Waals surface area contributed by atoms with E-state index in [1.807, 2.05) is 0 Å². The Balaban J connectivity index is 1.91. The Hall–Kier alpha value is -0.860. The smallest absolute Gasteiger partial charge is 0.0294 e. The average molecular weight is 218 g/mol. The van der Waals surface area contributed by atoms with E-state index in [9.17, 15) is 0 Å². The van der Waals surface area contributed by atoms with Gasteiger partial charge in [-0.1, -0.05) is 29.8 Å². The molecule has 1 heterocycles. The number of benzene rings is 1. The molecule has 2 heteroatoms. The fourth-order valence-electron chi connectivity index (χ4n) is 2.29. The molecule has 0 saturated carbocycles. The lowest BCUT2D eigenvalue weighted by Gasteiger charge is -2.27. The Morgan fingerprint density at radius 2 is 1.81 bits per heavy atom. The summed E-state index contributed by atoms with van der Waals surface area (Å²) in [6, 6.07) is 9.98. The first-order valence-corrected chi connectivity index (χ1v) is 6.29. The number of rotatable bonds is 3. The standard InChI is InChI=1S/C14H22N2/c1-11-3-5-13(6-4-11)12(2)16-14-7-9-15-10-8-14/h3-6,12,14-16H,7-10H2,1-2H3/t12-/m1/s1. The molecule has 1 saturated heterocycles. The van der Waals surface area contributed by atoms with Crippen LogP contribution in [0.25, 0.3) is 0 Å². The van der Waals surface area contributed by atoms with Crippen LogP contribution < -0.4 is 10.6 Å². The number of hydrogen-bond acceptors (Lipinski definition) is 2. The van der Waals surface area contributed by atoms with Gasteiger partial charge in [0.2, 0.25) is 0 Å². The van der Waals surface area contributed by atoms with Crippen LogP contribution in [0.2, 0.25) is 0 Å². The van der Waals surface area contributed by atoms with Crippen molar-refractivity contribution in [3.05, 3.63) is 35.4 Å². The molecule has 1 aromatic carbocycles. The molecule has 0 amide bonds. The van der Waals surface area contributed by atoms with Crippen molar-refractivity contribution >= 4 is 0 Å². The molecule has 0 aromatic heterocycles. The maximum atomic E-state index is 3.71. The fraction of sp³-hybridized carbons (Fsp3) is 0.571. The molecule has 1 atom stereocenters. The van der Waals surface area contributed by atoms with Crippen molar-refractivity contribution in [2.45, 2.75) is 38.8 Å². The first-order chi connectivity index (χ1) is 7.75. The third-order valence-corrected chi connectivity index (χ3v) is 3.40. The van der Waals surface area contributed by atoms with E-state index in [0.29, 0.717) is 12.1 Å². The van der Waals surface area contributed by atoms with Crippen LogP contribution in [0.1, 0.15) is 36.9 Å². The van der Waals surface area contributed by atoms with Gasteiger partial charge in [0.05, 0.1) is 0 Å². The number of hydrogen-bond donors (Lipinski definition) is 2. The van der Waals surface area contributed by atoms with E-state index in [1.54, 1.807) is 0 Å². The maximum Gasteiger partial charge on any atom is 0.0294 e. The van der Waals surface area contributed by atoms with Crippen LogP contribution in [0.15, 0.2) is 24.3 Å². The molecule has 2 rings (SSSR count). The first-order valence-electron chi connectivity index (χ1n) is 6.29. The lowest BCUT2D eigenvalue weighted by molar-refractivity contribution is 0.359. The summed E-state index contributed by atoms with van der Waals surface area (Å²) < 4.78 is 0. The molecular formula is C14H22N2. The van der Waals surface area contributed by atoms with E-state index in [0.717, 1.165) is 13.1 Å². The van der Waals surface area contributed by atoms with Crippen molar-refractivity contribution in [1.82, 2.24) is 10.6 Å². The van der Waals surface area contributed by atoms with Gasteiger partial charge in [0.1, 0.15) is 0 Å². The zero-order valence-corrected chi connectivity index (χ0v) is 10.3. The second-order valence-corrected chi connectivity index (χ2v) is 4.82. The van der Waals surface area contributed by atoms with Gasteiger partial charge in [0.15, 0.2) is 0 Å². The molecule has 0 bridgehead atoms. The SMILES string of the molecule is Cc1ccc([C@@H](C)NC2CCNCC2)cc1. The third kappa shape index (κ3) is 3.06. The maximum absolute atomic E-state index is 3.71. The van der Waals surface area contributed by atoms with Crippen molar-refractivity contribution in [1.29, 1.82) is 0 Å². The predicted molar refractivity (Wildman–Crippen MR) is 68.6 cm³/mol. The highest BCUT2D eigenvalue weighted by Gasteiger charge is 2.15. The van der Waals surface area contributed by atoms with E-state index in [-0.39, 0.29) is 0 Å². The molecule has 0 unspecified atom stereocenters. The number of piperidine rings is 1. The molecular weight excluding hydrogens is 196 g/mol. The molecule has 16 heavy (non-hydrogen) atoms. The predicted octanol–water partition coefficient (Wildman–Crippen LogP) is 2.40. The van der Waals surface area contributed by atoms with Gasteiger partial charge in [0, 0.05) is 12.1 Å². The summed E-state index contributed by atoms with van der Waals surface area (Å²) in [4.78, 5) is 0. The van der Waals surface area contributed by atoms with Gasteiger partial charge in [-0.15, -0.1) is 0 Å². The lowest BCUT2D eigenvalue weighted by atomic mass is 10.0. The number of aryl methyl sites for hydroxylation is 1. The second-order valence-electron chi connectivity index (χ2n) is 4.82. The summed E-state index contributed by atoms with van der Waals surface area (Å²) in [5.74, 6) is 0. The van der Waals surface area contributed by atoms with Crippen LogP contribution >= 0.6 is 0 Å². The van der Waals surface area contributed by atoms with Gasteiger partial charge < -0.3 is 10.6 Å². The highest BCUT2D eigenvalue weighted by Crippen LogP contribution is 2.15. The van der Waals surface area contributed by atoms with E-state index >= 15 is 0 Å². The van der Waals surface area contributed by atoms with E-state index < -0.39 is 0 Å². The first kappa shape index (κ1) is 11.6. The monoisotopic (exact) mass is 218 g/mol. The Morgan fingerprint density at radius 3 is 2.44 bits per heavy atom. The highest BCUT2D eigenvalue weighted by molar-refractivity contribution is 5.23. The van der Waals surface area contributed by atoms with Crippen LogP contribution in [0.5, 0.6) is 0 Å². The van der Waals surface area contributed by atoms with Gasteiger partial charge in [-0.2, -0.15) is 0 Å². The summed E-state index contributed by atoms with van der Waals surface area (Å²) in [5, 5.41) is 7.11. The quantitative estimate of drug-likeness (QED) is 0.814. The molecule has 1 fully saturated rings. The highest BCUT2D eigenvalue weighted by atomic mass is 15.0. The molecule has 0 spiro atoms. The van der Waals surface area contributed by atoms with Crippen molar-refractivity contribution in [3.63, 3.8) is 0 Å². The van der Waals surface area contributed by atoms with Gasteiger partial charge in [-0.3, -0.25) is 0 Å². The van der Waals surface area contributed by atoms with Crippen LogP contribution in [0.3, 0.4) is 0 Å². The van der Waals surface area contributed by atoms with Gasteiger partial charge in [-0.25, -0.2) is 0 Å². The molecule has 1 aliphatic heterocycles. The van der Waals surface area contributed by atoms with Crippen molar-refractivity contribution in [3.8, 4) is 0 Å². The van der Waals surface area contributed by atoms with Crippen molar-refractivity contribution < 1.29 is 0 Å². The molecule has 88 valence electrons. The van der Waals surface area contributed by atoms with Crippen LogP contribution in [0, 0.1) is 6.92 Å². The van der Waals surface area contributed by atoms with E-state index in [2.05, 4.69) is 48.7 Å². The number of nitrogens with one attached hydrogen (secondary N) is 2. The van der Waals surface area contributed by atoms with Crippen molar-refractivity contribution in [2.24, 2.45) is 0 Å². The third-order valence-electron chi connectivity index (χ3n) is 3.40. The Kier molecular flexibility index (Phi) is 3.97. The minimum Gasteiger partial charge on any atom is -0.317 e. The Bertz CT molecular complexity index is 312. The summed E-state index contributed by atoms with van der Waals surface area (Å²) in [6.07, 6.45) is 2.49. The molecule has 1 aliphatic rings. The summed E-state index contributed by atoms with van der Waals surface area (Å²) in [7, 11) is 0. The van der Waals surface area contributed by atoms with Crippen LogP contribution in [0.4, 0.5) is 0 Å². The normalized spacial score (nSPS) is 19.6. The summed E-state index contributed by atoms with van der Waals surface area (Å²) >= 11 is 0. The van der Waals surface area contributed by atoms with E-state index in [4.69, 9.17) is 0 Å². The largest absolute Gasteiger partial charge is 0.317 e. The summed E-state index contributed by atoms with van der Waals surface area (Å²) in [6.45, 7) is 6.69. The zero-order chi connectivity index (χ0) is 11.4. The Labute approximate surface area is 98.4 Å². The summed E-state index contributed by atoms with van der Waals surface area (Å²) in [5.41, 5.74) is 2.72. The fourth-order valence-corrected chi connectivity index (χ4v) is 2.29. The van der Waals surface area contributed by atoms with Gasteiger partial charge in [0.25, 0.3) is 0 Å². The minimum absolute atomic E-state index is 0.462. The topological polar surface area (TPSA) is 24.1 Å².